The second-order valence-corrected chi connectivity index (χ2v) is 4.33. The van der Waals surface area contributed by atoms with Gasteiger partial charge in [-0.25, -0.2) is 4.98 Å². The molecule has 2 aromatic rings. The fourth-order valence-corrected chi connectivity index (χ4v) is 2.04. The molecule has 0 fully saturated rings. The first-order valence-electron chi connectivity index (χ1n) is 5.37. The van der Waals surface area contributed by atoms with Crippen LogP contribution in [0.3, 0.4) is 0 Å². The molecule has 1 aromatic heterocycles. The molecule has 4 N–H and O–H groups in total. The van der Waals surface area contributed by atoms with Crippen LogP contribution in [0.25, 0.3) is 0 Å². The molecule has 0 amide bonds. The van der Waals surface area contributed by atoms with Crippen molar-refractivity contribution in [2.45, 2.75) is 12.5 Å². The SMILES string of the molecule is Nc1cc(CC(N)c2ccccc2Cl)ccn1. The molecular weight excluding hydrogens is 234 g/mol. The summed E-state index contributed by atoms with van der Waals surface area (Å²) in [6, 6.07) is 11.2. The Labute approximate surface area is 105 Å². The standard InChI is InChI=1S/C13H14ClN3/c14-11-4-2-1-3-10(11)12(15)7-9-5-6-17-13(16)8-9/h1-6,8,12H,7,15H2,(H2,16,17). The van der Waals surface area contributed by atoms with Crippen molar-refractivity contribution < 1.29 is 0 Å². The van der Waals surface area contributed by atoms with E-state index in [0.717, 1.165) is 11.1 Å². The molecular formula is C13H14ClN3. The van der Waals surface area contributed by atoms with Crippen molar-refractivity contribution in [2.75, 3.05) is 5.73 Å². The molecule has 0 saturated carbocycles. The lowest BCUT2D eigenvalue weighted by Crippen LogP contribution is -2.14. The molecule has 2 rings (SSSR count). The molecule has 1 aromatic carbocycles. The summed E-state index contributed by atoms with van der Waals surface area (Å²) in [6.07, 6.45) is 2.38. The van der Waals surface area contributed by atoms with Gasteiger partial charge < -0.3 is 11.5 Å². The lowest BCUT2D eigenvalue weighted by atomic mass is 10.0. The molecule has 0 spiro atoms. The van der Waals surface area contributed by atoms with Gasteiger partial charge in [-0.3, -0.25) is 0 Å². The lowest BCUT2D eigenvalue weighted by Gasteiger charge is -2.13. The van der Waals surface area contributed by atoms with Gasteiger partial charge in [0.25, 0.3) is 0 Å². The van der Waals surface area contributed by atoms with Crippen LogP contribution in [0.2, 0.25) is 5.02 Å². The molecule has 3 nitrogen and oxygen atoms in total. The van der Waals surface area contributed by atoms with Gasteiger partial charge in [-0.15, -0.1) is 0 Å². The van der Waals surface area contributed by atoms with Gasteiger partial charge in [0.15, 0.2) is 0 Å². The summed E-state index contributed by atoms with van der Waals surface area (Å²) in [5.41, 5.74) is 13.8. The number of nitrogens with two attached hydrogens (primary N) is 2. The Hall–Kier alpha value is -1.58. The van der Waals surface area contributed by atoms with Crippen LogP contribution in [0.1, 0.15) is 17.2 Å². The smallest absolute Gasteiger partial charge is 0.123 e. The average Bonchev–Trinajstić information content (AvgIpc) is 2.29. The molecule has 0 aliphatic rings. The summed E-state index contributed by atoms with van der Waals surface area (Å²) in [4.78, 5) is 3.95. The minimum absolute atomic E-state index is 0.134. The zero-order chi connectivity index (χ0) is 12.3. The number of benzene rings is 1. The summed E-state index contributed by atoms with van der Waals surface area (Å²) in [5.74, 6) is 0.508. The van der Waals surface area contributed by atoms with Crippen molar-refractivity contribution in [2.24, 2.45) is 5.73 Å². The maximum atomic E-state index is 6.13. The van der Waals surface area contributed by atoms with E-state index >= 15 is 0 Å². The third kappa shape index (κ3) is 2.96. The van der Waals surface area contributed by atoms with Crippen molar-refractivity contribution >= 4 is 17.4 Å². The Morgan fingerprint density at radius 3 is 2.71 bits per heavy atom. The van der Waals surface area contributed by atoms with Gasteiger partial charge in [0.2, 0.25) is 0 Å². The van der Waals surface area contributed by atoms with E-state index in [2.05, 4.69) is 4.98 Å². The molecule has 0 saturated heterocycles. The van der Waals surface area contributed by atoms with Crippen molar-refractivity contribution in [3.8, 4) is 0 Å². The van der Waals surface area contributed by atoms with E-state index in [4.69, 9.17) is 23.1 Å². The first kappa shape index (κ1) is 11.9. The summed E-state index contributed by atoms with van der Waals surface area (Å²) >= 11 is 6.10. The quantitative estimate of drug-likeness (QED) is 0.876. The van der Waals surface area contributed by atoms with Crippen molar-refractivity contribution in [3.63, 3.8) is 0 Å². The normalized spacial score (nSPS) is 12.4. The fraction of sp³-hybridized carbons (Fsp3) is 0.154. The average molecular weight is 248 g/mol. The number of anilines is 1. The molecule has 4 heteroatoms. The fourth-order valence-electron chi connectivity index (χ4n) is 1.76. The number of rotatable bonds is 3. The predicted octanol–water partition coefficient (Wildman–Crippen LogP) is 2.56. The number of pyridine rings is 1. The highest BCUT2D eigenvalue weighted by atomic mass is 35.5. The molecule has 1 unspecified atom stereocenters. The van der Waals surface area contributed by atoms with Crippen molar-refractivity contribution in [1.82, 2.24) is 4.98 Å². The van der Waals surface area contributed by atoms with Crippen LogP contribution in [-0.4, -0.2) is 4.98 Å². The summed E-state index contributed by atoms with van der Waals surface area (Å²) in [5, 5.41) is 0.696. The van der Waals surface area contributed by atoms with Crippen molar-refractivity contribution in [1.29, 1.82) is 0 Å². The Balaban J connectivity index is 2.17. The Bertz CT molecular complexity index is 514. The molecule has 0 bridgehead atoms. The summed E-state index contributed by atoms with van der Waals surface area (Å²) in [6.45, 7) is 0. The Kier molecular flexibility index (Phi) is 3.61. The summed E-state index contributed by atoms with van der Waals surface area (Å²) in [7, 11) is 0. The minimum Gasteiger partial charge on any atom is -0.384 e. The van der Waals surface area contributed by atoms with Gasteiger partial charge in [0, 0.05) is 17.3 Å². The monoisotopic (exact) mass is 247 g/mol. The Morgan fingerprint density at radius 1 is 1.24 bits per heavy atom. The van der Waals surface area contributed by atoms with Crippen molar-refractivity contribution in [3.05, 3.63) is 58.7 Å². The number of hydrogen-bond donors (Lipinski definition) is 2. The van der Waals surface area contributed by atoms with Crippen LogP contribution in [-0.2, 0) is 6.42 Å². The van der Waals surface area contributed by atoms with Crippen LogP contribution in [0, 0.1) is 0 Å². The van der Waals surface area contributed by atoms with E-state index < -0.39 is 0 Å². The summed E-state index contributed by atoms with van der Waals surface area (Å²) < 4.78 is 0. The van der Waals surface area contributed by atoms with Gasteiger partial charge in [-0.1, -0.05) is 29.8 Å². The number of aromatic nitrogens is 1. The van der Waals surface area contributed by atoms with Gasteiger partial charge in [-0.05, 0) is 35.7 Å². The number of hydrogen-bond acceptors (Lipinski definition) is 3. The van der Waals surface area contributed by atoms with E-state index in [9.17, 15) is 0 Å². The van der Waals surface area contributed by atoms with E-state index in [1.54, 1.807) is 6.20 Å². The molecule has 0 radical (unpaired) electrons. The van der Waals surface area contributed by atoms with E-state index in [0.29, 0.717) is 17.3 Å². The predicted molar refractivity (Wildman–Crippen MR) is 70.7 cm³/mol. The number of nitrogen functional groups attached to an aromatic ring is 1. The maximum Gasteiger partial charge on any atom is 0.123 e. The second-order valence-electron chi connectivity index (χ2n) is 3.92. The van der Waals surface area contributed by atoms with E-state index in [1.165, 1.54) is 0 Å². The third-order valence-electron chi connectivity index (χ3n) is 2.61. The lowest BCUT2D eigenvalue weighted by molar-refractivity contribution is 0.721. The zero-order valence-electron chi connectivity index (χ0n) is 9.31. The number of halogens is 1. The van der Waals surface area contributed by atoms with Crippen LogP contribution in [0.5, 0.6) is 0 Å². The molecule has 0 aliphatic heterocycles. The van der Waals surface area contributed by atoms with E-state index in [1.807, 2.05) is 36.4 Å². The van der Waals surface area contributed by atoms with Crippen LogP contribution in [0.4, 0.5) is 5.82 Å². The Morgan fingerprint density at radius 2 is 2.00 bits per heavy atom. The first-order chi connectivity index (χ1) is 8.16. The second kappa shape index (κ2) is 5.17. The molecule has 1 atom stereocenters. The van der Waals surface area contributed by atoms with Gasteiger partial charge in [-0.2, -0.15) is 0 Å². The minimum atomic E-state index is -0.134. The highest BCUT2D eigenvalue weighted by Crippen LogP contribution is 2.23. The molecule has 88 valence electrons. The number of nitrogens with zero attached hydrogens (tertiary/aromatic N) is 1. The van der Waals surface area contributed by atoms with Gasteiger partial charge >= 0.3 is 0 Å². The first-order valence-corrected chi connectivity index (χ1v) is 5.75. The molecule has 0 aliphatic carbocycles. The van der Waals surface area contributed by atoms with E-state index in [-0.39, 0.29) is 6.04 Å². The highest BCUT2D eigenvalue weighted by Gasteiger charge is 2.10. The largest absolute Gasteiger partial charge is 0.384 e. The topological polar surface area (TPSA) is 64.9 Å². The maximum absolute atomic E-state index is 6.13. The highest BCUT2D eigenvalue weighted by molar-refractivity contribution is 6.31. The van der Waals surface area contributed by atoms with Gasteiger partial charge in [0.05, 0.1) is 0 Å². The van der Waals surface area contributed by atoms with Gasteiger partial charge in [0.1, 0.15) is 5.82 Å². The third-order valence-corrected chi connectivity index (χ3v) is 2.95. The molecule has 1 heterocycles. The van der Waals surface area contributed by atoms with Crippen LogP contribution < -0.4 is 11.5 Å². The van der Waals surface area contributed by atoms with Crippen LogP contribution in [0.15, 0.2) is 42.6 Å². The zero-order valence-corrected chi connectivity index (χ0v) is 10.1. The van der Waals surface area contributed by atoms with Crippen LogP contribution >= 0.6 is 11.6 Å². The molecule has 17 heavy (non-hydrogen) atoms.